The average Bonchev–Trinajstić information content (AvgIpc) is 2.32. The lowest BCUT2D eigenvalue weighted by molar-refractivity contribution is 0.402. The Morgan fingerprint density at radius 2 is 2.36 bits per heavy atom. The highest BCUT2D eigenvalue weighted by molar-refractivity contribution is 5.01. The Balaban J connectivity index is 2.11. The monoisotopic (exact) mass is 152 g/mol. The van der Waals surface area contributed by atoms with Crippen LogP contribution in [0.3, 0.4) is 0 Å². The topological polar surface area (TPSA) is 67.6 Å². The van der Waals surface area contributed by atoms with Crippen molar-refractivity contribution in [3.05, 3.63) is 11.6 Å². The molecule has 0 spiro atoms. The predicted molar refractivity (Wildman–Crippen MR) is 40.9 cm³/mol. The molecule has 1 aliphatic rings. The fourth-order valence-corrected chi connectivity index (χ4v) is 1.25. The van der Waals surface area contributed by atoms with Crippen LogP contribution in [0, 0.1) is 0 Å². The second-order valence-electron chi connectivity index (χ2n) is 2.97. The second kappa shape index (κ2) is 2.62. The van der Waals surface area contributed by atoms with E-state index in [1.807, 2.05) is 0 Å². The summed E-state index contributed by atoms with van der Waals surface area (Å²) in [7, 11) is 0. The molecular weight excluding hydrogens is 140 g/mol. The number of nitrogens with zero attached hydrogens (tertiary/aromatic N) is 2. The van der Waals surface area contributed by atoms with Gasteiger partial charge in [0, 0.05) is 5.92 Å². The van der Waals surface area contributed by atoms with Gasteiger partial charge in [0.05, 0.1) is 6.54 Å². The van der Waals surface area contributed by atoms with Crippen molar-refractivity contribution < 1.29 is 0 Å². The van der Waals surface area contributed by atoms with Crippen LogP contribution in [-0.4, -0.2) is 15.2 Å². The quantitative estimate of drug-likeness (QED) is 0.649. The van der Waals surface area contributed by atoms with E-state index in [4.69, 9.17) is 5.73 Å². The summed E-state index contributed by atoms with van der Waals surface area (Å²) in [6.45, 7) is 0.458. The van der Waals surface area contributed by atoms with Crippen molar-refractivity contribution in [3.63, 3.8) is 0 Å². The summed E-state index contributed by atoms with van der Waals surface area (Å²) in [6, 6.07) is 0. The fraction of sp³-hybridized carbons (Fsp3) is 0.714. The molecule has 1 heterocycles. The molecule has 11 heavy (non-hydrogen) atoms. The van der Waals surface area contributed by atoms with Gasteiger partial charge in [-0.2, -0.15) is 5.10 Å². The lowest BCUT2D eigenvalue weighted by atomic mass is 9.85. The molecule has 2 rings (SSSR count). The van der Waals surface area contributed by atoms with Crippen molar-refractivity contribution in [2.45, 2.75) is 31.7 Å². The highest BCUT2D eigenvalue weighted by Gasteiger charge is 2.23. The molecule has 4 heteroatoms. The number of hydrogen-bond acceptors (Lipinski definition) is 3. The molecule has 1 fully saturated rings. The third-order valence-corrected chi connectivity index (χ3v) is 2.21. The molecule has 0 saturated heterocycles. The van der Waals surface area contributed by atoms with Gasteiger partial charge in [-0.3, -0.25) is 5.10 Å². The summed E-state index contributed by atoms with van der Waals surface area (Å²) in [5.41, 5.74) is 5.39. The summed E-state index contributed by atoms with van der Waals surface area (Å²) in [6.07, 6.45) is 3.79. The number of hydrogen-bond donors (Lipinski definition) is 2. The first-order valence-corrected chi connectivity index (χ1v) is 4.01. The standard InChI is InChI=1S/C7H12N4/c8-4-6-9-7(11-10-6)5-2-1-3-5/h5H,1-4,8H2,(H,9,10,11). The van der Waals surface area contributed by atoms with Crippen molar-refractivity contribution in [2.24, 2.45) is 5.73 Å². The van der Waals surface area contributed by atoms with E-state index in [-0.39, 0.29) is 0 Å². The van der Waals surface area contributed by atoms with Gasteiger partial charge in [0.15, 0.2) is 5.82 Å². The van der Waals surface area contributed by atoms with Crippen LogP contribution in [0.15, 0.2) is 0 Å². The summed E-state index contributed by atoms with van der Waals surface area (Å²) in [4.78, 5) is 4.26. The van der Waals surface area contributed by atoms with Crippen LogP contribution in [0.25, 0.3) is 0 Å². The Kier molecular flexibility index (Phi) is 1.62. The zero-order chi connectivity index (χ0) is 7.68. The zero-order valence-electron chi connectivity index (χ0n) is 6.38. The highest BCUT2D eigenvalue weighted by Crippen LogP contribution is 2.33. The van der Waals surface area contributed by atoms with Crippen LogP contribution in [0.2, 0.25) is 0 Å². The molecule has 60 valence electrons. The lowest BCUT2D eigenvalue weighted by Gasteiger charge is -2.21. The Hall–Kier alpha value is -0.900. The highest BCUT2D eigenvalue weighted by atomic mass is 15.2. The second-order valence-corrected chi connectivity index (χ2v) is 2.97. The van der Waals surface area contributed by atoms with Gasteiger partial charge in [0.2, 0.25) is 0 Å². The molecule has 4 nitrogen and oxygen atoms in total. The first kappa shape index (κ1) is 6.79. The lowest BCUT2D eigenvalue weighted by Crippen LogP contribution is -2.10. The van der Waals surface area contributed by atoms with Gasteiger partial charge >= 0.3 is 0 Å². The number of H-pyrrole nitrogens is 1. The van der Waals surface area contributed by atoms with Crippen molar-refractivity contribution in [3.8, 4) is 0 Å². The van der Waals surface area contributed by atoms with Crippen LogP contribution >= 0.6 is 0 Å². The van der Waals surface area contributed by atoms with E-state index in [1.165, 1.54) is 19.3 Å². The van der Waals surface area contributed by atoms with Gasteiger partial charge in [-0.15, -0.1) is 0 Å². The van der Waals surface area contributed by atoms with Crippen LogP contribution in [0.5, 0.6) is 0 Å². The number of nitrogens with two attached hydrogens (primary N) is 1. The molecule has 0 aliphatic heterocycles. The normalized spacial score (nSPS) is 18.3. The van der Waals surface area contributed by atoms with E-state index >= 15 is 0 Å². The molecule has 1 aliphatic carbocycles. The van der Waals surface area contributed by atoms with Crippen LogP contribution in [0.1, 0.15) is 36.8 Å². The van der Waals surface area contributed by atoms with Crippen molar-refractivity contribution in [1.29, 1.82) is 0 Å². The van der Waals surface area contributed by atoms with E-state index in [9.17, 15) is 0 Å². The molecule has 0 aromatic carbocycles. The number of aromatic nitrogens is 3. The molecule has 3 N–H and O–H groups in total. The van der Waals surface area contributed by atoms with Crippen molar-refractivity contribution in [2.75, 3.05) is 0 Å². The summed E-state index contributed by atoms with van der Waals surface area (Å²) >= 11 is 0. The molecule has 0 atom stereocenters. The molecular formula is C7H12N4. The Labute approximate surface area is 65.2 Å². The summed E-state index contributed by atoms with van der Waals surface area (Å²) < 4.78 is 0. The van der Waals surface area contributed by atoms with Crippen LogP contribution < -0.4 is 5.73 Å². The SMILES string of the molecule is NCc1nc(C2CCC2)n[nH]1. The molecule has 0 unspecified atom stereocenters. The van der Waals surface area contributed by atoms with Crippen LogP contribution in [-0.2, 0) is 6.54 Å². The number of nitrogens with one attached hydrogen (secondary N) is 1. The predicted octanol–water partition coefficient (Wildman–Crippen LogP) is 0.531. The van der Waals surface area contributed by atoms with Gasteiger partial charge in [-0.25, -0.2) is 4.98 Å². The maximum absolute atomic E-state index is 5.39. The van der Waals surface area contributed by atoms with E-state index in [2.05, 4.69) is 15.2 Å². The fourth-order valence-electron chi connectivity index (χ4n) is 1.25. The van der Waals surface area contributed by atoms with Gasteiger partial charge in [-0.05, 0) is 12.8 Å². The summed E-state index contributed by atoms with van der Waals surface area (Å²) in [5, 5.41) is 6.91. The minimum absolute atomic E-state index is 0.458. The molecule has 1 saturated carbocycles. The van der Waals surface area contributed by atoms with Gasteiger partial charge in [0.1, 0.15) is 5.82 Å². The first-order chi connectivity index (χ1) is 5.40. The third-order valence-electron chi connectivity index (χ3n) is 2.21. The maximum Gasteiger partial charge on any atom is 0.153 e. The zero-order valence-corrected chi connectivity index (χ0v) is 6.38. The van der Waals surface area contributed by atoms with Gasteiger partial charge in [-0.1, -0.05) is 6.42 Å². The third kappa shape index (κ3) is 1.14. The van der Waals surface area contributed by atoms with Crippen LogP contribution in [0.4, 0.5) is 0 Å². The Bertz CT molecular complexity index is 238. The molecule has 0 radical (unpaired) electrons. The first-order valence-electron chi connectivity index (χ1n) is 4.01. The molecule has 1 aromatic heterocycles. The smallest absolute Gasteiger partial charge is 0.153 e. The van der Waals surface area contributed by atoms with Crippen molar-refractivity contribution in [1.82, 2.24) is 15.2 Å². The maximum atomic E-state index is 5.39. The number of rotatable bonds is 2. The van der Waals surface area contributed by atoms with E-state index < -0.39 is 0 Å². The minimum atomic E-state index is 0.458. The van der Waals surface area contributed by atoms with E-state index in [1.54, 1.807) is 0 Å². The van der Waals surface area contributed by atoms with Gasteiger partial charge < -0.3 is 5.73 Å². The average molecular weight is 152 g/mol. The molecule has 1 aromatic rings. The summed E-state index contributed by atoms with van der Waals surface area (Å²) in [5.74, 6) is 2.36. The van der Waals surface area contributed by atoms with Crippen molar-refractivity contribution >= 4 is 0 Å². The number of aromatic amines is 1. The van der Waals surface area contributed by atoms with E-state index in [0.29, 0.717) is 12.5 Å². The van der Waals surface area contributed by atoms with E-state index in [0.717, 1.165) is 11.6 Å². The minimum Gasteiger partial charge on any atom is -0.324 e. The molecule has 0 bridgehead atoms. The molecule has 0 amide bonds. The Morgan fingerprint density at radius 3 is 2.82 bits per heavy atom. The van der Waals surface area contributed by atoms with Gasteiger partial charge in [0.25, 0.3) is 0 Å². The largest absolute Gasteiger partial charge is 0.324 e. The Morgan fingerprint density at radius 1 is 1.55 bits per heavy atom.